The van der Waals surface area contributed by atoms with E-state index < -0.39 is 0 Å². The lowest BCUT2D eigenvalue weighted by Gasteiger charge is -2.02. The van der Waals surface area contributed by atoms with Gasteiger partial charge in [0.15, 0.2) is 0 Å². The maximum atomic E-state index is 9.42. The molecule has 1 aromatic carbocycles. The van der Waals surface area contributed by atoms with Gasteiger partial charge in [-0.05, 0) is 25.1 Å². The van der Waals surface area contributed by atoms with E-state index in [9.17, 15) is 5.11 Å². The van der Waals surface area contributed by atoms with Crippen molar-refractivity contribution in [2.45, 2.75) is 6.92 Å². The molecule has 0 atom stereocenters. The topological polar surface area (TPSA) is 51.8 Å². The molecule has 0 unspecified atom stereocenters. The monoisotopic (exact) mass is 208 g/mol. The predicted octanol–water partition coefficient (Wildman–Crippen LogP) is 2.55. The van der Waals surface area contributed by atoms with Gasteiger partial charge in [0.2, 0.25) is 5.75 Å². The van der Waals surface area contributed by atoms with E-state index in [2.05, 4.69) is 0 Å². The van der Waals surface area contributed by atoms with E-state index in [1.165, 1.54) is 7.11 Å². The van der Waals surface area contributed by atoms with Gasteiger partial charge in [-0.15, -0.1) is 0 Å². The molecule has 1 heterocycles. The van der Waals surface area contributed by atoms with Crippen molar-refractivity contribution >= 4 is 11.0 Å². The van der Waals surface area contributed by atoms with E-state index in [-0.39, 0.29) is 5.95 Å². The summed E-state index contributed by atoms with van der Waals surface area (Å²) in [5.74, 6) is 0.858. The van der Waals surface area contributed by atoms with Crippen molar-refractivity contribution in [2.75, 3.05) is 13.7 Å². The van der Waals surface area contributed by atoms with Crippen molar-refractivity contribution in [3.8, 4) is 17.4 Å². The minimum atomic E-state index is -0.207. The first-order valence-corrected chi connectivity index (χ1v) is 4.68. The van der Waals surface area contributed by atoms with E-state index >= 15 is 0 Å². The number of ether oxygens (including phenoxy) is 2. The third-order valence-corrected chi connectivity index (χ3v) is 2.11. The lowest BCUT2D eigenvalue weighted by molar-refractivity contribution is 0.308. The normalized spacial score (nSPS) is 10.5. The van der Waals surface area contributed by atoms with Crippen LogP contribution in [0.1, 0.15) is 6.92 Å². The van der Waals surface area contributed by atoms with Crippen molar-refractivity contribution in [1.82, 2.24) is 0 Å². The van der Waals surface area contributed by atoms with Gasteiger partial charge in [-0.25, -0.2) is 0 Å². The van der Waals surface area contributed by atoms with Crippen LogP contribution >= 0.6 is 0 Å². The number of hydrogen-bond acceptors (Lipinski definition) is 4. The summed E-state index contributed by atoms with van der Waals surface area (Å²) in [5.41, 5.74) is 0.577. The Morgan fingerprint density at radius 3 is 2.87 bits per heavy atom. The van der Waals surface area contributed by atoms with Crippen LogP contribution in [0.25, 0.3) is 11.0 Å². The first-order valence-electron chi connectivity index (χ1n) is 4.68. The molecule has 0 saturated heterocycles. The molecule has 4 nitrogen and oxygen atoms in total. The number of aromatic hydroxyl groups is 1. The molecule has 1 aromatic heterocycles. The van der Waals surface area contributed by atoms with E-state index in [4.69, 9.17) is 13.9 Å². The SMILES string of the molecule is CCOc1ccc2oc(O)c(OC)c2c1. The Morgan fingerprint density at radius 1 is 1.40 bits per heavy atom. The number of fused-ring (bicyclic) bond motifs is 1. The van der Waals surface area contributed by atoms with Crippen molar-refractivity contribution < 1.29 is 19.0 Å². The number of hydrogen-bond donors (Lipinski definition) is 1. The Balaban J connectivity index is 2.57. The van der Waals surface area contributed by atoms with Crippen LogP contribution in [-0.4, -0.2) is 18.8 Å². The fourth-order valence-electron chi connectivity index (χ4n) is 1.49. The molecule has 0 spiro atoms. The highest BCUT2D eigenvalue weighted by Gasteiger charge is 2.14. The molecule has 80 valence electrons. The molecule has 0 radical (unpaired) electrons. The molecule has 0 saturated carbocycles. The van der Waals surface area contributed by atoms with Gasteiger partial charge in [0, 0.05) is 0 Å². The first-order chi connectivity index (χ1) is 7.26. The zero-order valence-electron chi connectivity index (χ0n) is 8.61. The highest BCUT2D eigenvalue weighted by Crippen LogP contribution is 2.39. The van der Waals surface area contributed by atoms with Gasteiger partial charge in [0.05, 0.1) is 19.1 Å². The van der Waals surface area contributed by atoms with Gasteiger partial charge >= 0.3 is 5.95 Å². The van der Waals surface area contributed by atoms with Gasteiger partial charge in [-0.3, -0.25) is 0 Å². The van der Waals surface area contributed by atoms with E-state index in [1.54, 1.807) is 18.2 Å². The second kappa shape index (κ2) is 3.73. The van der Waals surface area contributed by atoms with Crippen molar-refractivity contribution in [1.29, 1.82) is 0 Å². The summed E-state index contributed by atoms with van der Waals surface area (Å²) in [6.45, 7) is 2.51. The van der Waals surface area contributed by atoms with Crippen LogP contribution in [0.5, 0.6) is 17.4 Å². The van der Waals surface area contributed by atoms with Gasteiger partial charge in [0.1, 0.15) is 11.3 Å². The molecule has 0 aliphatic heterocycles. The number of furan rings is 1. The fourth-order valence-corrected chi connectivity index (χ4v) is 1.49. The Bertz CT molecular complexity index is 473. The van der Waals surface area contributed by atoms with E-state index in [1.807, 2.05) is 6.92 Å². The molecule has 0 fully saturated rings. The highest BCUT2D eigenvalue weighted by molar-refractivity contribution is 5.87. The summed E-state index contributed by atoms with van der Waals surface area (Å²) in [6.07, 6.45) is 0. The summed E-state index contributed by atoms with van der Waals surface area (Å²) in [7, 11) is 1.48. The van der Waals surface area contributed by atoms with Gasteiger partial charge < -0.3 is 19.0 Å². The lowest BCUT2D eigenvalue weighted by Crippen LogP contribution is -1.90. The van der Waals surface area contributed by atoms with Crippen molar-refractivity contribution in [2.24, 2.45) is 0 Å². The average Bonchev–Trinajstić information content (AvgIpc) is 2.53. The number of rotatable bonds is 3. The molecule has 0 bridgehead atoms. The molecule has 4 heteroatoms. The quantitative estimate of drug-likeness (QED) is 0.842. The standard InChI is InChI=1S/C11H12O4/c1-3-14-7-4-5-9-8(6-7)10(13-2)11(12)15-9/h4-6,12H,3H2,1-2H3. The molecular weight excluding hydrogens is 196 g/mol. The minimum absolute atomic E-state index is 0.207. The molecule has 2 aromatic rings. The van der Waals surface area contributed by atoms with Crippen LogP contribution < -0.4 is 9.47 Å². The minimum Gasteiger partial charge on any atom is -0.494 e. The zero-order chi connectivity index (χ0) is 10.8. The average molecular weight is 208 g/mol. The van der Waals surface area contributed by atoms with E-state index in [0.717, 1.165) is 5.75 Å². The Morgan fingerprint density at radius 2 is 2.20 bits per heavy atom. The maximum absolute atomic E-state index is 9.42. The number of benzene rings is 1. The largest absolute Gasteiger partial charge is 0.494 e. The maximum Gasteiger partial charge on any atom is 0.327 e. The second-order valence-electron chi connectivity index (χ2n) is 3.03. The van der Waals surface area contributed by atoms with Crippen molar-refractivity contribution in [3.05, 3.63) is 18.2 Å². The highest BCUT2D eigenvalue weighted by atomic mass is 16.5. The lowest BCUT2D eigenvalue weighted by atomic mass is 10.2. The molecule has 1 N–H and O–H groups in total. The Kier molecular flexibility index (Phi) is 2.41. The molecule has 15 heavy (non-hydrogen) atoms. The smallest absolute Gasteiger partial charge is 0.327 e. The van der Waals surface area contributed by atoms with Crippen LogP contribution in [0.3, 0.4) is 0 Å². The summed E-state index contributed by atoms with van der Waals surface area (Å²) in [5, 5.41) is 10.1. The van der Waals surface area contributed by atoms with Crippen LogP contribution in [0.4, 0.5) is 0 Å². The first kappa shape index (κ1) is 9.71. The van der Waals surface area contributed by atoms with Gasteiger partial charge in [0.25, 0.3) is 0 Å². The molecule has 0 amide bonds. The second-order valence-corrected chi connectivity index (χ2v) is 3.03. The summed E-state index contributed by atoms with van der Waals surface area (Å²) >= 11 is 0. The predicted molar refractivity (Wildman–Crippen MR) is 55.6 cm³/mol. The molecule has 2 rings (SSSR count). The van der Waals surface area contributed by atoms with Gasteiger partial charge in [-0.1, -0.05) is 0 Å². The van der Waals surface area contributed by atoms with E-state index in [0.29, 0.717) is 23.3 Å². The fraction of sp³-hybridized carbons (Fsp3) is 0.273. The van der Waals surface area contributed by atoms with Crippen molar-refractivity contribution in [3.63, 3.8) is 0 Å². The summed E-state index contributed by atoms with van der Waals surface area (Å²) in [6, 6.07) is 5.30. The summed E-state index contributed by atoms with van der Waals surface area (Å²) < 4.78 is 15.5. The van der Waals surface area contributed by atoms with Crippen LogP contribution in [-0.2, 0) is 0 Å². The molecular formula is C11H12O4. The third-order valence-electron chi connectivity index (χ3n) is 2.11. The Hall–Kier alpha value is -1.84. The Labute approximate surface area is 87.0 Å². The van der Waals surface area contributed by atoms with Gasteiger partial charge in [-0.2, -0.15) is 0 Å². The molecule has 0 aliphatic rings. The molecule has 0 aliphatic carbocycles. The summed E-state index contributed by atoms with van der Waals surface area (Å²) in [4.78, 5) is 0. The zero-order valence-corrected chi connectivity index (χ0v) is 8.61. The van der Waals surface area contributed by atoms with Crippen LogP contribution in [0.2, 0.25) is 0 Å². The third kappa shape index (κ3) is 1.58. The van der Waals surface area contributed by atoms with Crippen LogP contribution in [0.15, 0.2) is 22.6 Å². The van der Waals surface area contributed by atoms with Crippen LogP contribution in [0, 0.1) is 0 Å². The number of methoxy groups -OCH3 is 1.